The molecule has 0 unspecified atom stereocenters. The molecule has 0 atom stereocenters. The highest BCUT2D eigenvalue weighted by Gasteiger charge is 2.10. The molecule has 4 rings (SSSR count). The SMILES string of the molecule is COc1ccc(C=Cc2cccc[n+]2CCCC(=O)NCCSSCCNC(=O)CCC[n+]2ccccc2C=Cc2ccc(OC)cc2)cc1. The van der Waals surface area contributed by atoms with Crippen LogP contribution in [-0.4, -0.2) is 50.6 Å². The van der Waals surface area contributed by atoms with E-state index in [1.807, 2.05) is 85.2 Å². The molecule has 0 bridgehead atoms. The number of hydrogen-bond donors (Lipinski definition) is 2. The molecule has 0 aliphatic heterocycles. The Morgan fingerprint density at radius 3 is 1.42 bits per heavy atom. The Balaban J connectivity index is 1.02. The summed E-state index contributed by atoms with van der Waals surface area (Å²) < 4.78 is 14.8. The van der Waals surface area contributed by atoms with E-state index in [-0.39, 0.29) is 11.8 Å². The fourth-order valence-corrected chi connectivity index (χ4v) is 6.87. The van der Waals surface area contributed by atoms with E-state index in [4.69, 9.17) is 9.47 Å². The summed E-state index contributed by atoms with van der Waals surface area (Å²) in [6.07, 6.45) is 14.9. The average molecular weight is 713 g/mol. The van der Waals surface area contributed by atoms with Crippen molar-refractivity contribution in [2.45, 2.75) is 38.8 Å². The molecule has 262 valence electrons. The molecule has 8 nitrogen and oxygen atoms in total. The number of amides is 2. The first-order chi connectivity index (χ1) is 24.5. The number of aryl methyl sites for hydroxylation is 2. The fourth-order valence-electron chi connectivity index (χ4n) is 5.06. The summed E-state index contributed by atoms with van der Waals surface area (Å²) in [5.74, 6) is 3.46. The molecule has 0 radical (unpaired) electrons. The summed E-state index contributed by atoms with van der Waals surface area (Å²) in [6, 6.07) is 28.1. The fraction of sp³-hybridized carbons (Fsp3) is 0.300. The van der Waals surface area contributed by atoms with Gasteiger partial charge in [-0.25, -0.2) is 0 Å². The van der Waals surface area contributed by atoms with Crippen LogP contribution in [0.2, 0.25) is 0 Å². The van der Waals surface area contributed by atoms with E-state index in [0.29, 0.717) is 25.9 Å². The first-order valence-electron chi connectivity index (χ1n) is 16.9. The van der Waals surface area contributed by atoms with Crippen LogP contribution in [0, 0.1) is 0 Å². The number of hydrogen-bond acceptors (Lipinski definition) is 6. The average Bonchev–Trinajstić information content (AvgIpc) is 3.15. The topological polar surface area (TPSA) is 84.4 Å². The molecule has 10 heteroatoms. The second-order valence-electron chi connectivity index (χ2n) is 11.4. The van der Waals surface area contributed by atoms with Crippen molar-refractivity contribution < 1.29 is 28.2 Å². The maximum absolute atomic E-state index is 12.4. The molecule has 4 aromatic rings. The standard InChI is InChI=1S/C40H46N4O4S2/c1-47-37-21-15-33(16-22-37)13-19-35-9-3-5-27-43(35)29-7-11-39(45)41-25-31-49-50-32-26-42-40(46)12-8-30-44-28-6-4-10-36(44)20-14-34-17-23-38(48-2)24-18-34/h3-6,9-10,13-24,27-28H,7-8,11-12,25-26,29-32H2,1-2H3/p+2. The molecular formula is C40H48N4O4S2+2. The molecule has 50 heavy (non-hydrogen) atoms. The van der Waals surface area contributed by atoms with E-state index in [1.54, 1.807) is 35.8 Å². The first-order valence-corrected chi connectivity index (χ1v) is 19.4. The van der Waals surface area contributed by atoms with Crippen molar-refractivity contribution in [3.05, 3.63) is 120 Å². The summed E-state index contributed by atoms with van der Waals surface area (Å²) in [5, 5.41) is 6.04. The third-order valence-electron chi connectivity index (χ3n) is 7.78. The summed E-state index contributed by atoms with van der Waals surface area (Å²) in [6.45, 7) is 2.79. The Morgan fingerprint density at radius 2 is 1.02 bits per heavy atom. The van der Waals surface area contributed by atoms with Gasteiger partial charge in [0.15, 0.2) is 12.4 Å². The minimum absolute atomic E-state index is 0.0729. The highest BCUT2D eigenvalue weighted by atomic mass is 33.1. The number of carbonyl (C=O) groups excluding carboxylic acids is 2. The van der Waals surface area contributed by atoms with Crippen molar-refractivity contribution in [2.75, 3.05) is 38.8 Å². The Hall–Kier alpha value is -4.54. The molecule has 2 N–H and O–H groups in total. The van der Waals surface area contributed by atoms with Crippen LogP contribution in [0.4, 0.5) is 0 Å². The van der Waals surface area contributed by atoms with Gasteiger partial charge in [0.25, 0.3) is 0 Å². The van der Waals surface area contributed by atoms with E-state index in [2.05, 4.69) is 56.2 Å². The minimum Gasteiger partial charge on any atom is -0.497 e. The number of carbonyl (C=O) groups is 2. The lowest BCUT2D eigenvalue weighted by molar-refractivity contribution is -0.699. The van der Waals surface area contributed by atoms with Crippen LogP contribution in [0.1, 0.15) is 48.2 Å². The van der Waals surface area contributed by atoms with Crippen LogP contribution in [0.25, 0.3) is 24.3 Å². The Labute approximate surface area is 304 Å². The maximum atomic E-state index is 12.4. The zero-order chi connectivity index (χ0) is 35.2. The second kappa shape index (κ2) is 22.2. The van der Waals surface area contributed by atoms with Crippen molar-refractivity contribution in [1.29, 1.82) is 0 Å². The quantitative estimate of drug-likeness (QED) is 0.0584. The van der Waals surface area contributed by atoms with E-state index in [9.17, 15) is 9.59 Å². The predicted molar refractivity (Wildman–Crippen MR) is 207 cm³/mol. The number of methoxy groups -OCH3 is 2. The lowest BCUT2D eigenvalue weighted by atomic mass is 10.2. The molecule has 0 saturated heterocycles. The molecule has 2 amide bonds. The van der Waals surface area contributed by atoms with Crippen LogP contribution < -0.4 is 29.2 Å². The van der Waals surface area contributed by atoms with Crippen molar-refractivity contribution >= 4 is 57.7 Å². The van der Waals surface area contributed by atoms with Gasteiger partial charge in [-0.15, -0.1) is 0 Å². The van der Waals surface area contributed by atoms with Crippen molar-refractivity contribution in [3.8, 4) is 11.5 Å². The first kappa shape index (κ1) is 38.3. The number of pyridine rings is 2. The molecule has 0 spiro atoms. The van der Waals surface area contributed by atoms with Gasteiger partial charge < -0.3 is 20.1 Å². The number of benzene rings is 2. The summed E-state index contributed by atoms with van der Waals surface area (Å²) in [5.41, 5.74) is 4.37. The van der Waals surface area contributed by atoms with Gasteiger partial charge in [0.05, 0.1) is 14.2 Å². The molecule has 0 aliphatic rings. The maximum Gasteiger partial charge on any atom is 0.220 e. The van der Waals surface area contributed by atoms with E-state index in [1.165, 1.54) is 0 Å². The summed E-state index contributed by atoms with van der Waals surface area (Å²) in [4.78, 5) is 24.8. The van der Waals surface area contributed by atoms with E-state index in [0.717, 1.165) is 71.5 Å². The van der Waals surface area contributed by atoms with Crippen LogP contribution in [0.5, 0.6) is 11.5 Å². The summed E-state index contributed by atoms with van der Waals surface area (Å²) >= 11 is 0. The van der Waals surface area contributed by atoms with Crippen molar-refractivity contribution in [1.82, 2.24) is 10.6 Å². The second-order valence-corrected chi connectivity index (χ2v) is 14.1. The highest BCUT2D eigenvalue weighted by molar-refractivity contribution is 8.76. The van der Waals surface area contributed by atoms with Crippen LogP contribution in [-0.2, 0) is 22.7 Å². The molecule has 0 aliphatic carbocycles. The smallest absolute Gasteiger partial charge is 0.220 e. The van der Waals surface area contributed by atoms with Gasteiger partial charge in [-0.1, -0.05) is 45.9 Å². The summed E-state index contributed by atoms with van der Waals surface area (Å²) in [7, 11) is 6.75. The molecule has 2 heterocycles. The lowest BCUT2D eigenvalue weighted by Crippen LogP contribution is -2.37. The number of rotatable bonds is 21. The molecule has 0 fully saturated rings. The van der Waals surface area contributed by atoms with Gasteiger partial charge >= 0.3 is 0 Å². The zero-order valence-electron chi connectivity index (χ0n) is 29.0. The van der Waals surface area contributed by atoms with Gasteiger partial charge in [0, 0.05) is 86.7 Å². The molecule has 2 aromatic heterocycles. The Bertz CT molecular complexity index is 1550. The Kier molecular flexibility index (Phi) is 17.0. The monoisotopic (exact) mass is 712 g/mol. The predicted octanol–water partition coefficient (Wildman–Crippen LogP) is 6.49. The van der Waals surface area contributed by atoms with Gasteiger partial charge in [0.2, 0.25) is 23.2 Å². The zero-order valence-corrected chi connectivity index (χ0v) is 30.6. The molecule has 2 aromatic carbocycles. The highest BCUT2D eigenvalue weighted by Crippen LogP contribution is 2.19. The van der Waals surface area contributed by atoms with Crippen molar-refractivity contribution in [3.63, 3.8) is 0 Å². The molecule has 0 saturated carbocycles. The van der Waals surface area contributed by atoms with Gasteiger partial charge in [-0.2, -0.15) is 9.13 Å². The number of nitrogens with zero attached hydrogens (tertiary/aromatic N) is 2. The van der Waals surface area contributed by atoms with E-state index < -0.39 is 0 Å². The lowest BCUT2D eigenvalue weighted by Gasteiger charge is -2.06. The van der Waals surface area contributed by atoms with Crippen LogP contribution >= 0.6 is 21.6 Å². The normalized spacial score (nSPS) is 11.2. The Morgan fingerprint density at radius 1 is 0.600 bits per heavy atom. The van der Waals surface area contributed by atoms with Gasteiger partial charge in [0.1, 0.15) is 24.6 Å². The molecular weight excluding hydrogens is 665 g/mol. The largest absolute Gasteiger partial charge is 0.497 e. The van der Waals surface area contributed by atoms with Crippen LogP contribution in [0.15, 0.2) is 97.3 Å². The number of ether oxygens (including phenoxy) is 2. The van der Waals surface area contributed by atoms with E-state index >= 15 is 0 Å². The third kappa shape index (κ3) is 14.1. The number of aromatic nitrogens is 2. The van der Waals surface area contributed by atoms with Crippen molar-refractivity contribution in [2.24, 2.45) is 0 Å². The van der Waals surface area contributed by atoms with Gasteiger partial charge in [-0.3, -0.25) is 9.59 Å². The number of nitrogens with one attached hydrogen (secondary N) is 2. The van der Waals surface area contributed by atoms with Crippen LogP contribution in [0.3, 0.4) is 0 Å². The minimum atomic E-state index is 0.0729. The van der Waals surface area contributed by atoms with Gasteiger partial charge in [-0.05, 0) is 59.7 Å². The third-order valence-corrected chi connectivity index (χ3v) is 10.2.